The predicted molar refractivity (Wildman–Crippen MR) is 110 cm³/mol. The molecule has 2 atom stereocenters. The number of nitrogens with one attached hydrogen (secondary N) is 2. The molecule has 156 valence electrons. The molecule has 4 bridgehead atoms. The number of aliphatic hydroxyl groups is 1. The number of hydrogen-bond acceptors (Lipinski definition) is 5. The normalized spacial score (nSPS) is 42.5. The lowest BCUT2D eigenvalue weighted by molar-refractivity contribution is -0.131. The van der Waals surface area contributed by atoms with Gasteiger partial charge in [-0.05, 0) is 74.9 Å². The molecule has 3 N–H and O–H groups in total. The van der Waals surface area contributed by atoms with E-state index in [-0.39, 0.29) is 23.7 Å². The van der Waals surface area contributed by atoms with Crippen molar-refractivity contribution in [2.45, 2.75) is 62.8 Å². The molecule has 4 saturated carbocycles. The number of likely N-dealkylation sites (tertiary alicyclic amines) is 1. The maximum absolute atomic E-state index is 13.5. The van der Waals surface area contributed by atoms with Crippen molar-refractivity contribution < 1.29 is 9.90 Å². The van der Waals surface area contributed by atoms with Gasteiger partial charge in [-0.25, -0.2) is 0 Å². The van der Waals surface area contributed by atoms with Crippen LogP contribution in [0.25, 0.3) is 0 Å². The molecule has 6 heteroatoms. The monoisotopic (exact) mass is 396 g/mol. The first-order chi connectivity index (χ1) is 14.1. The molecule has 7 aliphatic rings. The van der Waals surface area contributed by atoms with E-state index in [1.165, 1.54) is 38.5 Å². The molecule has 1 amide bonds. The molecule has 3 aliphatic heterocycles. The minimum atomic E-state index is -0.373. The van der Waals surface area contributed by atoms with Crippen molar-refractivity contribution in [3.05, 3.63) is 35.8 Å². The molecule has 5 fully saturated rings. The second kappa shape index (κ2) is 6.61. The summed E-state index contributed by atoms with van der Waals surface area (Å²) in [4.78, 5) is 17.8. The summed E-state index contributed by atoms with van der Waals surface area (Å²) < 4.78 is 0. The molecule has 0 spiro atoms. The van der Waals surface area contributed by atoms with Crippen molar-refractivity contribution in [3.8, 4) is 0 Å². The number of β-amino-alcohol motifs (C(OH)–C–C–N with tert-alkyl or cyclic N) is 1. The Morgan fingerprint density at radius 1 is 1.17 bits per heavy atom. The van der Waals surface area contributed by atoms with Gasteiger partial charge < -0.3 is 20.6 Å². The summed E-state index contributed by atoms with van der Waals surface area (Å²) in [6, 6.07) is 0. The topological polar surface area (TPSA) is 67.8 Å². The zero-order valence-electron chi connectivity index (χ0n) is 17.0. The Morgan fingerprint density at radius 2 is 1.90 bits per heavy atom. The highest BCUT2D eigenvalue weighted by Crippen LogP contribution is 2.55. The van der Waals surface area contributed by atoms with Gasteiger partial charge in [0.2, 0.25) is 0 Å². The Hall–Kier alpha value is -1.79. The Morgan fingerprint density at radius 3 is 2.55 bits per heavy atom. The minimum Gasteiger partial charge on any atom is -0.392 e. The van der Waals surface area contributed by atoms with E-state index >= 15 is 0 Å². The van der Waals surface area contributed by atoms with Gasteiger partial charge in [0.15, 0.2) is 6.17 Å². The SMILES string of the molecule is O=C(NC12CC3CC(CC(C3)C1)C2)C1NC(CN2CCC(O)C2)=C2C=CC=CN21. The quantitative estimate of drug-likeness (QED) is 0.675. The molecule has 3 heterocycles. The number of fused-ring (bicyclic) bond motifs is 1. The fraction of sp³-hybridized carbons (Fsp3) is 0.696. The summed E-state index contributed by atoms with van der Waals surface area (Å²) in [6.07, 6.45) is 16.0. The Labute approximate surface area is 172 Å². The van der Waals surface area contributed by atoms with Crippen molar-refractivity contribution in [2.75, 3.05) is 19.6 Å². The first-order valence-electron chi connectivity index (χ1n) is 11.4. The molecule has 0 aromatic carbocycles. The van der Waals surface area contributed by atoms with Gasteiger partial charge in [-0.3, -0.25) is 9.69 Å². The average Bonchev–Trinajstić information content (AvgIpc) is 3.24. The lowest BCUT2D eigenvalue weighted by atomic mass is 9.53. The summed E-state index contributed by atoms with van der Waals surface area (Å²) in [7, 11) is 0. The predicted octanol–water partition coefficient (Wildman–Crippen LogP) is 1.66. The van der Waals surface area contributed by atoms with Gasteiger partial charge in [-0.1, -0.05) is 6.08 Å². The highest BCUT2D eigenvalue weighted by Gasteiger charge is 2.52. The van der Waals surface area contributed by atoms with Crippen molar-refractivity contribution in [3.63, 3.8) is 0 Å². The third kappa shape index (κ3) is 3.12. The molecule has 0 aromatic rings. The van der Waals surface area contributed by atoms with Gasteiger partial charge >= 0.3 is 0 Å². The van der Waals surface area contributed by atoms with Crippen LogP contribution in [0.5, 0.6) is 0 Å². The van der Waals surface area contributed by atoms with Crippen LogP contribution in [0, 0.1) is 17.8 Å². The van der Waals surface area contributed by atoms with Gasteiger partial charge in [0.25, 0.3) is 5.91 Å². The maximum Gasteiger partial charge on any atom is 0.264 e. The number of carbonyl (C=O) groups excluding carboxylic acids is 1. The summed E-state index contributed by atoms with van der Waals surface area (Å²) in [5, 5.41) is 16.9. The third-order valence-corrected chi connectivity index (χ3v) is 8.09. The third-order valence-electron chi connectivity index (χ3n) is 8.09. The van der Waals surface area contributed by atoms with E-state index in [9.17, 15) is 9.90 Å². The van der Waals surface area contributed by atoms with Gasteiger partial charge in [-0.2, -0.15) is 0 Å². The number of carbonyl (C=O) groups is 1. The first kappa shape index (κ1) is 18.0. The minimum absolute atomic E-state index is 0.0326. The van der Waals surface area contributed by atoms with E-state index in [2.05, 4.69) is 26.5 Å². The van der Waals surface area contributed by atoms with E-state index in [1.54, 1.807) is 0 Å². The van der Waals surface area contributed by atoms with Crippen molar-refractivity contribution in [1.82, 2.24) is 20.4 Å². The van der Waals surface area contributed by atoms with E-state index in [0.717, 1.165) is 48.7 Å². The molecule has 4 aliphatic carbocycles. The molecule has 0 radical (unpaired) electrons. The molecule has 2 unspecified atom stereocenters. The fourth-order valence-electron chi connectivity index (χ4n) is 7.34. The zero-order chi connectivity index (χ0) is 19.6. The highest BCUT2D eigenvalue weighted by atomic mass is 16.3. The second-order valence-corrected chi connectivity index (χ2v) is 10.4. The van der Waals surface area contributed by atoms with E-state index < -0.39 is 0 Å². The highest BCUT2D eigenvalue weighted by molar-refractivity contribution is 5.84. The van der Waals surface area contributed by atoms with Crippen LogP contribution >= 0.6 is 0 Å². The molecule has 7 rings (SSSR count). The molecule has 6 nitrogen and oxygen atoms in total. The van der Waals surface area contributed by atoms with Crippen LogP contribution in [-0.4, -0.2) is 58.3 Å². The van der Waals surface area contributed by atoms with Gasteiger partial charge in [-0.15, -0.1) is 0 Å². The number of hydrogen-bond donors (Lipinski definition) is 3. The summed E-state index contributed by atoms with van der Waals surface area (Å²) in [5.74, 6) is 2.58. The van der Waals surface area contributed by atoms with Crippen LogP contribution in [0.15, 0.2) is 35.8 Å². The van der Waals surface area contributed by atoms with Crippen LogP contribution in [-0.2, 0) is 4.79 Å². The molecule has 1 saturated heterocycles. The summed E-state index contributed by atoms with van der Waals surface area (Å²) in [5.41, 5.74) is 2.20. The van der Waals surface area contributed by atoms with Gasteiger partial charge in [0, 0.05) is 31.4 Å². The largest absolute Gasteiger partial charge is 0.392 e. The lowest BCUT2D eigenvalue weighted by Gasteiger charge is -2.57. The maximum atomic E-state index is 13.5. The Bertz CT molecular complexity index is 765. The molecule has 0 aromatic heterocycles. The van der Waals surface area contributed by atoms with Crippen LogP contribution in [0.3, 0.4) is 0 Å². The zero-order valence-corrected chi connectivity index (χ0v) is 17.0. The molecule has 29 heavy (non-hydrogen) atoms. The average molecular weight is 397 g/mol. The summed E-state index contributed by atoms with van der Waals surface area (Å²) in [6.45, 7) is 2.37. The van der Waals surface area contributed by atoms with Crippen molar-refractivity contribution >= 4 is 5.91 Å². The number of rotatable bonds is 4. The molecular formula is C23H32N4O2. The number of nitrogens with zero attached hydrogens (tertiary/aromatic N) is 2. The van der Waals surface area contributed by atoms with Gasteiger partial charge in [0.05, 0.1) is 17.5 Å². The van der Waals surface area contributed by atoms with Crippen LogP contribution in [0.4, 0.5) is 0 Å². The molecular weight excluding hydrogens is 364 g/mol. The van der Waals surface area contributed by atoms with Crippen LogP contribution in [0.2, 0.25) is 0 Å². The van der Waals surface area contributed by atoms with Crippen LogP contribution in [0.1, 0.15) is 44.9 Å². The van der Waals surface area contributed by atoms with Crippen LogP contribution < -0.4 is 10.6 Å². The van der Waals surface area contributed by atoms with Gasteiger partial charge in [0.1, 0.15) is 0 Å². The van der Waals surface area contributed by atoms with Crippen molar-refractivity contribution in [1.29, 1.82) is 0 Å². The Balaban J connectivity index is 1.18. The number of allylic oxidation sites excluding steroid dienone is 3. The fourth-order valence-corrected chi connectivity index (χ4v) is 7.34. The number of aliphatic hydroxyl groups excluding tert-OH is 1. The summed E-state index contributed by atoms with van der Waals surface area (Å²) >= 11 is 0. The van der Waals surface area contributed by atoms with Crippen molar-refractivity contribution in [2.24, 2.45) is 17.8 Å². The number of amides is 1. The van der Waals surface area contributed by atoms with E-state index in [1.807, 2.05) is 18.4 Å². The standard InChI is InChI=1S/C23H32N4O2/c28-18-4-6-26(13-18)14-19-20-3-1-2-5-27(20)21(24-19)22(29)25-23-10-15-7-16(11-23)9-17(8-15)12-23/h1-3,5,15-18,21,24,28H,4,6-14H2,(H,25,29). The van der Waals surface area contributed by atoms with E-state index in [4.69, 9.17) is 0 Å². The second-order valence-electron chi connectivity index (χ2n) is 10.4. The smallest absolute Gasteiger partial charge is 0.264 e. The first-order valence-corrected chi connectivity index (χ1v) is 11.4. The lowest BCUT2D eigenvalue weighted by Crippen LogP contribution is -2.63. The Kier molecular flexibility index (Phi) is 4.11. The van der Waals surface area contributed by atoms with E-state index in [0.29, 0.717) is 6.54 Å².